The van der Waals surface area contributed by atoms with E-state index in [-0.39, 0.29) is 23.1 Å². The van der Waals surface area contributed by atoms with Gasteiger partial charge in [-0.1, -0.05) is 60.4 Å². The highest BCUT2D eigenvalue weighted by molar-refractivity contribution is 8.01. The first-order chi connectivity index (χ1) is 12.5. The summed E-state index contributed by atoms with van der Waals surface area (Å²) in [6, 6.07) is 9.91. The maximum Gasteiger partial charge on any atom is 0.240 e. The summed E-state index contributed by atoms with van der Waals surface area (Å²) in [5, 5.41) is 8.71. The lowest BCUT2D eigenvalue weighted by Crippen LogP contribution is -2.32. The number of carbonyl (C=O) groups is 2. The highest BCUT2D eigenvalue weighted by Gasteiger charge is 2.35. The van der Waals surface area contributed by atoms with Crippen LogP contribution in [0, 0.1) is 0 Å². The van der Waals surface area contributed by atoms with E-state index in [2.05, 4.69) is 10.2 Å². The number of amides is 2. The number of rotatable bonds is 7. The average Bonchev–Trinajstić information content (AvgIpc) is 3.38. The minimum Gasteiger partial charge on any atom is -0.348 e. The van der Waals surface area contributed by atoms with E-state index in [0.717, 1.165) is 18.4 Å². The van der Waals surface area contributed by atoms with Crippen LogP contribution in [0.4, 0.5) is 5.13 Å². The highest BCUT2D eigenvalue weighted by atomic mass is 32.2. The number of likely N-dealkylation sites (N-methyl/N-ethyl adjacent to an activating group) is 1. The largest absolute Gasteiger partial charge is 0.348 e. The van der Waals surface area contributed by atoms with E-state index >= 15 is 0 Å². The van der Waals surface area contributed by atoms with E-state index in [1.165, 1.54) is 23.1 Å². The molecule has 1 aromatic heterocycles. The van der Waals surface area contributed by atoms with Gasteiger partial charge >= 0.3 is 0 Å². The van der Waals surface area contributed by atoms with Crippen LogP contribution >= 0.6 is 23.1 Å². The summed E-state index contributed by atoms with van der Waals surface area (Å²) in [4.78, 5) is 28.3. The zero-order valence-electron chi connectivity index (χ0n) is 15.1. The molecule has 0 N–H and O–H groups in total. The molecule has 2 amide bonds. The summed E-state index contributed by atoms with van der Waals surface area (Å²) in [7, 11) is 3.50. The molecular weight excluding hydrogens is 368 g/mol. The topological polar surface area (TPSA) is 66.4 Å². The van der Waals surface area contributed by atoms with Gasteiger partial charge in [0, 0.05) is 26.6 Å². The lowest BCUT2D eigenvalue weighted by atomic mass is 10.1. The molecule has 1 unspecified atom stereocenters. The molecule has 0 spiro atoms. The second-order valence-corrected chi connectivity index (χ2v) is 8.65. The molecule has 26 heavy (non-hydrogen) atoms. The van der Waals surface area contributed by atoms with Crippen LogP contribution in [0.2, 0.25) is 0 Å². The molecule has 0 bridgehead atoms. The van der Waals surface area contributed by atoms with Crippen LogP contribution in [-0.4, -0.2) is 47.0 Å². The summed E-state index contributed by atoms with van der Waals surface area (Å²) in [6.07, 6.45) is 2.48. The van der Waals surface area contributed by atoms with Crippen molar-refractivity contribution in [3.05, 3.63) is 35.9 Å². The predicted molar refractivity (Wildman–Crippen MR) is 104 cm³/mol. The lowest BCUT2D eigenvalue weighted by Gasteiger charge is -2.19. The molecule has 1 aromatic carbocycles. The van der Waals surface area contributed by atoms with Crippen LogP contribution in [0.15, 0.2) is 34.7 Å². The van der Waals surface area contributed by atoms with Gasteiger partial charge < -0.3 is 4.90 Å². The second kappa shape index (κ2) is 8.18. The standard InChI is InChI=1S/C18H22N4O2S2/c1-4-14(23)22(13-10-11-13)17-19-20-18(26-17)25-15(16(24)21(2)3)12-8-6-5-7-9-12/h5-9,13,15H,4,10-11H2,1-3H3. The smallest absolute Gasteiger partial charge is 0.240 e. The number of aromatic nitrogens is 2. The summed E-state index contributed by atoms with van der Waals surface area (Å²) >= 11 is 2.76. The quantitative estimate of drug-likeness (QED) is 0.536. The molecule has 3 rings (SSSR count). The van der Waals surface area contributed by atoms with Gasteiger partial charge in [-0.3, -0.25) is 14.5 Å². The molecule has 138 valence electrons. The summed E-state index contributed by atoms with van der Waals surface area (Å²) in [5.41, 5.74) is 0.927. The van der Waals surface area contributed by atoms with Gasteiger partial charge in [0.05, 0.1) is 0 Å². The fourth-order valence-electron chi connectivity index (χ4n) is 2.54. The maximum absolute atomic E-state index is 12.7. The van der Waals surface area contributed by atoms with Gasteiger partial charge in [-0.05, 0) is 18.4 Å². The number of thioether (sulfide) groups is 1. The Hall–Kier alpha value is -1.93. The molecule has 8 heteroatoms. The third kappa shape index (κ3) is 4.24. The van der Waals surface area contributed by atoms with Crippen molar-refractivity contribution in [2.24, 2.45) is 0 Å². The van der Waals surface area contributed by atoms with E-state index in [1.807, 2.05) is 37.3 Å². The zero-order chi connectivity index (χ0) is 18.7. The molecule has 6 nitrogen and oxygen atoms in total. The Balaban J connectivity index is 1.83. The van der Waals surface area contributed by atoms with Gasteiger partial charge in [-0.15, -0.1) is 10.2 Å². The van der Waals surface area contributed by atoms with Crippen molar-refractivity contribution >= 4 is 40.0 Å². The Morgan fingerprint density at radius 3 is 2.50 bits per heavy atom. The molecule has 0 radical (unpaired) electrons. The highest BCUT2D eigenvalue weighted by Crippen LogP contribution is 2.41. The third-order valence-corrected chi connectivity index (χ3v) is 6.32. The predicted octanol–water partition coefficient (Wildman–Crippen LogP) is 3.37. The van der Waals surface area contributed by atoms with Crippen LogP contribution in [0.1, 0.15) is 37.0 Å². The molecule has 0 saturated heterocycles. The summed E-state index contributed by atoms with van der Waals surface area (Å²) < 4.78 is 0.693. The average molecular weight is 391 g/mol. The lowest BCUT2D eigenvalue weighted by molar-refractivity contribution is -0.128. The fourth-order valence-corrected chi connectivity index (χ4v) is 4.81. The Bertz CT molecular complexity index is 775. The fraction of sp³-hybridized carbons (Fsp3) is 0.444. The molecule has 1 fully saturated rings. The zero-order valence-corrected chi connectivity index (χ0v) is 16.7. The van der Waals surface area contributed by atoms with Crippen LogP contribution < -0.4 is 4.90 Å². The minimum absolute atomic E-state index is 0.00151. The van der Waals surface area contributed by atoms with Crippen molar-refractivity contribution in [1.29, 1.82) is 0 Å². The van der Waals surface area contributed by atoms with Crippen LogP contribution in [0.3, 0.4) is 0 Å². The normalized spacial score (nSPS) is 14.7. The van der Waals surface area contributed by atoms with Crippen LogP contribution in [0.5, 0.6) is 0 Å². The number of benzene rings is 1. The molecule has 2 aromatic rings. The maximum atomic E-state index is 12.7. The van der Waals surface area contributed by atoms with Crippen LogP contribution in [0.25, 0.3) is 0 Å². The molecular formula is C18H22N4O2S2. The summed E-state index contributed by atoms with van der Waals surface area (Å²) in [5.74, 6) is 0.0748. The van der Waals surface area contributed by atoms with Crippen molar-refractivity contribution in [3.63, 3.8) is 0 Å². The van der Waals surface area contributed by atoms with Crippen molar-refractivity contribution in [1.82, 2.24) is 15.1 Å². The second-order valence-electron chi connectivity index (χ2n) is 6.34. The number of carbonyl (C=O) groups excluding carboxylic acids is 2. The SMILES string of the molecule is CCC(=O)N(c1nnc(SC(C(=O)N(C)C)c2ccccc2)s1)C1CC1. The van der Waals surface area contributed by atoms with Gasteiger partial charge in [0.1, 0.15) is 5.25 Å². The van der Waals surface area contributed by atoms with Crippen molar-refractivity contribution < 1.29 is 9.59 Å². The van der Waals surface area contributed by atoms with Gasteiger partial charge in [-0.2, -0.15) is 0 Å². The first kappa shape index (κ1) is 18.8. The molecule has 0 aliphatic heterocycles. The van der Waals surface area contributed by atoms with Gasteiger partial charge in [-0.25, -0.2) is 0 Å². The van der Waals surface area contributed by atoms with Crippen molar-refractivity contribution in [2.45, 2.75) is 41.8 Å². The third-order valence-electron chi connectivity index (χ3n) is 4.07. The molecule has 1 aliphatic rings. The van der Waals surface area contributed by atoms with Gasteiger partial charge in [0.25, 0.3) is 0 Å². The Morgan fingerprint density at radius 2 is 1.92 bits per heavy atom. The van der Waals surface area contributed by atoms with E-state index in [9.17, 15) is 9.59 Å². The van der Waals surface area contributed by atoms with E-state index in [1.54, 1.807) is 23.9 Å². The molecule has 1 saturated carbocycles. The number of hydrogen-bond acceptors (Lipinski definition) is 6. The van der Waals surface area contributed by atoms with Crippen molar-refractivity contribution in [2.75, 3.05) is 19.0 Å². The van der Waals surface area contributed by atoms with Gasteiger partial charge in [0.2, 0.25) is 16.9 Å². The summed E-state index contributed by atoms with van der Waals surface area (Å²) in [6.45, 7) is 1.86. The molecule has 1 aliphatic carbocycles. The molecule has 1 atom stereocenters. The molecule has 1 heterocycles. The number of anilines is 1. The number of nitrogens with zero attached hydrogens (tertiary/aromatic N) is 4. The van der Waals surface area contributed by atoms with E-state index < -0.39 is 0 Å². The van der Waals surface area contributed by atoms with Crippen molar-refractivity contribution in [3.8, 4) is 0 Å². The van der Waals surface area contributed by atoms with Gasteiger partial charge in [0.15, 0.2) is 4.34 Å². The Morgan fingerprint density at radius 1 is 1.23 bits per heavy atom. The Labute approximate surface area is 161 Å². The van der Waals surface area contributed by atoms with E-state index in [4.69, 9.17) is 0 Å². The first-order valence-corrected chi connectivity index (χ1v) is 10.3. The monoisotopic (exact) mass is 390 g/mol. The Kier molecular flexibility index (Phi) is 5.93. The van der Waals surface area contributed by atoms with E-state index in [0.29, 0.717) is 15.9 Å². The first-order valence-electron chi connectivity index (χ1n) is 8.59. The number of hydrogen-bond donors (Lipinski definition) is 0. The van der Waals surface area contributed by atoms with Crippen LogP contribution in [-0.2, 0) is 9.59 Å². The minimum atomic E-state index is -0.386.